The van der Waals surface area contributed by atoms with Gasteiger partial charge in [-0.3, -0.25) is 4.79 Å². The molecule has 0 aliphatic rings. The quantitative estimate of drug-likeness (QED) is 0.606. The van der Waals surface area contributed by atoms with E-state index in [0.29, 0.717) is 5.13 Å². The fourth-order valence-electron chi connectivity index (χ4n) is 2.70. The number of hydrogen-bond donors (Lipinski definition) is 1. The molecule has 0 fully saturated rings. The van der Waals surface area contributed by atoms with Crippen LogP contribution in [0.25, 0.3) is 0 Å². The number of carbonyl (C=O) groups excluding carboxylic acids is 1. The van der Waals surface area contributed by atoms with Crippen LogP contribution in [0.3, 0.4) is 0 Å². The van der Waals surface area contributed by atoms with Crippen molar-refractivity contribution in [2.75, 3.05) is 11.1 Å². The number of nitrogens with one attached hydrogen (secondary N) is 1. The molecule has 0 saturated carbocycles. The molecular weight excluding hydrogens is 394 g/mol. The zero-order valence-corrected chi connectivity index (χ0v) is 17.0. The average Bonchev–Trinajstić information content (AvgIpc) is 3.14. The molecular formula is C20H21N3O3S2. The van der Waals surface area contributed by atoms with Gasteiger partial charge in [-0.15, -0.1) is 10.2 Å². The topological polar surface area (TPSA) is 89.0 Å². The lowest BCUT2D eigenvalue weighted by molar-refractivity contribution is -0.115. The maximum atomic E-state index is 12.2. The highest BCUT2D eigenvalue weighted by Gasteiger charge is 2.17. The number of hydrogen-bond acceptors (Lipinski definition) is 6. The molecule has 0 saturated heterocycles. The van der Waals surface area contributed by atoms with Crippen LogP contribution in [0.15, 0.2) is 65.6 Å². The second-order valence-electron chi connectivity index (χ2n) is 6.45. The highest BCUT2D eigenvalue weighted by atomic mass is 32.2. The van der Waals surface area contributed by atoms with Crippen LogP contribution in [0.4, 0.5) is 5.13 Å². The third-order valence-corrected chi connectivity index (χ3v) is 6.86. The lowest BCUT2D eigenvalue weighted by atomic mass is 9.98. The fraction of sp³-hybridized carbons (Fsp3) is 0.250. The molecule has 0 aliphatic heterocycles. The Hall–Kier alpha value is -2.58. The van der Waals surface area contributed by atoms with Gasteiger partial charge >= 0.3 is 0 Å². The van der Waals surface area contributed by atoms with E-state index in [1.807, 2.05) is 18.2 Å². The van der Waals surface area contributed by atoms with E-state index in [-0.39, 0.29) is 23.0 Å². The molecule has 0 aliphatic carbocycles. The summed E-state index contributed by atoms with van der Waals surface area (Å²) in [4.78, 5) is 12.3. The average molecular weight is 416 g/mol. The minimum absolute atomic E-state index is 0.132. The molecule has 0 spiro atoms. The number of sulfone groups is 1. The molecule has 1 aromatic heterocycles. The Morgan fingerprint density at radius 3 is 2.36 bits per heavy atom. The van der Waals surface area contributed by atoms with Crippen LogP contribution in [0, 0.1) is 0 Å². The normalized spacial score (nSPS) is 12.5. The van der Waals surface area contributed by atoms with Crippen molar-refractivity contribution in [3.63, 3.8) is 0 Å². The summed E-state index contributed by atoms with van der Waals surface area (Å²) in [5, 5.41) is 12.0. The summed E-state index contributed by atoms with van der Waals surface area (Å²) >= 11 is 1.31. The van der Waals surface area contributed by atoms with E-state index in [0.717, 1.165) is 11.4 Å². The van der Waals surface area contributed by atoms with Gasteiger partial charge in [-0.1, -0.05) is 66.8 Å². The number of rotatable bonds is 8. The van der Waals surface area contributed by atoms with Crippen LogP contribution >= 0.6 is 11.3 Å². The third-order valence-electron chi connectivity index (χ3n) is 4.26. The van der Waals surface area contributed by atoms with Crippen LogP contribution < -0.4 is 5.32 Å². The molecule has 1 N–H and O–H groups in total. The monoisotopic (exact) mass is 415 g/mol. The predicted molar refractivity (Wildman–Crippen MR) is 110 cm³/mol. The summed E-state index contributed by atoms with van der Waals surface area (Å²) in [6.45, 7) is 2.11. The van der Waals surface area contributed by atoms with Gasteiger partial charge in [0.25, 0.3) is 0 Å². The van der Waals surface area contributed by atoms with E-state index in [1.165, 1.54) is 29.0 Å². The minimum Gasteiger partial charge on any atom is -0.301 e. The highest BCUT2D eigenvalue weighted by molar-refractivity contribution is 7.91. The standard InChI is InChI=1S/C20H21N3O3S2/c1-15(16-8-4-2-5-9-16)14-19-22-23-20(27-19)21-18(24)12-13-28(25,26)17-10-6-3-7-11-17/h2-11,15H,12-14H2,1H3,(H,21,23,24)/t15-/m1/s1. The molecule has 0 bridgehead atoms. The summed E-state index contributed by atoms with van der Waals surface area (Å²) in [5.74, 6) is -0.355. The van der Waals surface area contributed by atoms with Gasteiger partial charge in [0.05, 0.1) is 10.6 Å². The molecule has 1 atom stereocenters. The molecule has 0 radical (unpaired) electrons. The molecule has 0 unspecified atom stereocenters. The number of anilines is 1. The van der Waals surface area contributed by atoms with Crippen LogP contribution in [0.1, 0.15) is 29.8 Å². The molecule has 2 aromatic carbocycles. The maximum Gasteiger partial charge on any atom is 0.227 e. The minimum atomic E-state index is -3.48. The van der Waals surface area contributed by atoms with Crippen molar-refractivity contribution in [2.45, 2.75) is 30.6 Å². The van der Waals surface area contributed by atoms with Crippen LogP contribution in [0.2, 0.25) is 0 Å². The Labute approximate surface area is 168 Å². The molecule has 8 heteroatoms. The molecule has 1 amide bonds. The molecule has 3 aromatic rings. The van der Waals surface area contributed by atoms with Crippen molar-refractivity contribution in [3.8, 4) is 0 Å². The summed E-state index contributed by atoms with van der Waals surface area (Å²) in [5.41, 5.74) is 1.22. The van der Waals surface area contributed by atoms with Crippen molar-refractivity contribution in [1.82, 2.24) is 10.2 Å². The summed E-state index contributed by atoms with van der Waals surface area (Å²) in [7, 11) is -3.48. The first-order chi connectivity index (χ1) is 13.4. The van der Waals surface area contributed by atoms with Crippen molar-refractivity contribution in [1.29, 1.82) is 0 Å². The van der Waals surface area contributed by atoms with E-state index < -0.39 is 15.7 Å². The van der Waals surface area contributed by atoms with Gasteiger partial charge < -0.3 is 5.32 Å². The van der Waals surface area contributed by atoms with Crippen LogP contribution in [-0.2, 0) is 21.1 Å². The first-order valence-electron chi connectivity index (χ1n) is 8.89. The molecule has 28 heavy (non-hydrogen) atoms. The van der Waals surface area contributed by atoms with Gasteiger partial charge in [0.15, 0.2) is 9.84 Å². The van der Waals surface area contributed by atoms with Crippen LogP contribution in [-0.4, -0.2) is 30.3 Å². The van der Waals surface area contributed by atoms with Crippen molar-refractivity contribution in [2.24, 2.45) is 0 Å². The second-order valence-corrected chi connectivity index (χ2v) is 9.62. The zero-order valence-electron chi connectivity index (χ0n) is 15.4. The van der Waals surface area contributed by atoms with Gasteiger partial charge in [0.2, 0.25) is 11.0 Å². The van der Waals surface area contributed by atoms with Crippen molar-refractivity contribution in [3.05, 3.63) is 71.2 Å². The fourth-order valence-corrected chi connectivity index (χ4v) is 4.85. The van der Waals surface area contributed by atoms with Gasteiger partial charge in [-0.05, 0) is 23.6 Å². The summed E-state index contributed by atoms with van der Waals surface area (Å²) in [6, 6.07) is 18.2. The Kier molecular flexibility index (Phi) is 6.53. The Morgan fingerprint density at radius 2 is 1.68 bits per heavy atom. The van der Waals surface area contributed by atoms with E-state index in [9.17, 15) is 13.2 Å². The summed E-state index contributed by atoms with van der Waals surface area (Å²) in [6.07, 6.45) is 0.590. The van der Waals surface area contributed by atoms with Gasteiger partial charge in [-0.25, -0.2) is 8.42 Å². The third kappa shape index (κ3) is 5.46. The first-order valence-corrected chi connectivity index (χ1v) is 11.4. The lowest BCUT2D eigenvalue weighted by Gasteiger charge is -2.08. The van der Waals surface area contributed by atoms with E-state index in [1.54, 1.807) is 18.2 Å². The number of aromatic nitrogens is 2. The molecule has 6 nitrogen and oxygen atoms in total. The number of amides is 1. The zero-order chi connectivity index (χ0) is 20.0. The van der Waals surface area contributed by atoms with E-state index in [2.05, 4.69) is 34.6 Å². The molecule has 3 rings (SSSR count). The smallest absolute Gasteiger partial charge is 0.227 e. The van der Waals surface area contributed by atoms with Crippen molar-refractivity contribution >= 4 is 32.2 Å². The van der Waals surface area contributed by atoms with Crippen LogP contribution in [0.5, 0.6) is 0 Å². The van der Waals surface area contributed by atoms with E-state index in [4.69, 9.17) is 0 Å². The lowest BCUT2D eigenvalue weighted by Crippen LogP contribution is -2.17. The Balaban J connectivity index is 1.53. The largest absolute Gasteiger partial charge is 0.301 e. The maximum absolute atomic E-state index is 12.2. The summed E-state index contributed by atoms with van der Waals surface area (Å²) < 4.78 is 24.5. The number of carbonyl (C=O) groups is 1. The predicted octanol–water partition coefficient (Wildman–Crippen LogP) is 3.69. The van der Waals surface area contributed by atoms with Gasteiger partial charge in [0.1, 0.15) is 5.01 Å². The molecule has 146 valence electrons. The van der Waals surface area contributed by atoms with Gasteiger partial charge in [-0.2, -0.15) is 0 Å². The number of nitrogens with zero attached hydrogens (tertiary/aromatic N) is 2. The van der Waals surface area contributed by atoms with Crippen molar-refractivity contribution < 1.29 is 13.2 Å². The van der Waals surface area contributed by atoms with E-state index >= 15 is 0 Å². The first kappa shape index (κ1) is 20.2. The Morgan fingerprint density at radius 1 is 1.04 bits per heavy atom. The SMILES string of the molecule is C[C@H](Cc1nnc(NC(=O)CCS(=O)(=O)c2ccccc2)s1)c1ccccc1. The second kappa shape index (κ2) is 9.07. The molecule has 1 heterocycles. The highest BCUT2D eigenvalue weighted by Crippen LogP contribution is 2.24. The Bertz CT molecular complexity index is 1020. The van der Waals surface area contributed by atoms with Gasteiger partial charge in [0, 0.05) is 12.8 Å². The number of benzene rings is 2.